The normalized spacial score (nSPS) is 10.9. The van der Waals surface area contributed by atoms with Crippen molar-refractivity contribution in [3.63, 3.8) is 0 Å². The first-order valence-corrected chi connectivity index (χ1v) is 10.2. The SMILES string of the molecule is CCCCOc1ccc(-c2ccc(OCCCCP(O)O)cc2)cc1. The summed E-state index contributed by atoms with van der Waals surface area (Å²) < 4.78 is 11.4. The lowest BCUT2D eigenvalue weighted by Crippen LogP contribution is -1.98. The molecule has 136 valence electrons. The third-order valence-electron chi connectivity index (χ3n) is 3.83. The molecule has 0 aliphatic heterocycles. The molecule has 25 heavy (non-hydrogen) atoms. The van der Waals surface area contributed by atoms with E-state index in [9.17, 15) is 0 Å². The molecule has 0 aliphatic rings. The third kappa shape index (κ3) is 7.43. The number of ether oxygens (including phenoxy) is 2. The van der Waals surface area contributed by atoms with Gasteiger partial charge in [0.05, 0.1) is 13.2 Å². The van der Waals surface area contributed by atoms with Gasteiger partial charge in [-0.15, -0.1) is 0 Å². The summed E-state index contributed by atoms with van der Waals surface area (Å²) in [6, 6.07) is 16.2. The average Bonchev–Trinajstić information content (AvgIpc) is 2.63. The molecule has 0 amide bonds. The zero-order valence-electron chi connectivity index (χ0n) is 14.7. The molecule has 0 heterocycles. The summed E-state index contributed by atoms with van der Waals surface area (Å²) in [6.45, 7) is 3.51. The second kappa shape index (κ2) is 11.1. The lowest BCUT2D eigenvalue weighted by molar-refractivity contribution is 0.309. The molecule has 2 N–H and O–H groups in total. The van der Waals surface area contributed by atoms with Crippen LogP contribution in [-0.2, 0) is 0 Å². The largest absolute Gasteiger partial charge is 0.494 e. The Balaban J connectivity index is 1.80. The maximum atomic E-state index is 8.85. The van der Waals surface area contributed by atoms with Crippen molar-refractivity contribution in [3.05, 3.63) is 48.5 Å². The Bertz CT molecular complexity index is 596. The Morgan fingerprint density at radius 3 is 1.64 bits per heavy atom. The molecule has 0 atom stereocenters. The van der Waals surface area contributed by atoms with E-state index in [2.05, 4.69) is 19.1 Å². The molecule has 0 aliphatic carbocycles. The zero-order chi connectivity index (χ0) is 17.9. The van der Waals surface area contributed by atoms with E-state index in [0.717, 1.165) is 54.9 Å². The molecule has 0 saturated heterocycles. The maximum absolute atomic E-state index is 8.85. The van der Waals surface area contributed by atoms with Crippen molar-refractivity contribution in [2.24, 2.45) is 0 Å². The zero-order valence-corrected chi connectivity index (χ0v) is 15.6. The van der Waals surface area contributed by atoms with Gasteiger partial charge in [0.25, 0.3) is 0 Å². The van der Waals surface area contributed by atoms with E-state index in [1.807, 2.05) is 36.4 Å². The Morgan fingerprint density at radius 1 is 0.720 bits per heavy atom. The fourth-order valence-corrected chi connectivity index (χ4v) is 2.87. The average molecular weight is 362 g/mol. The maximum Gasteiger partial charge on any atom is 0.164 e. The first-order valence-electron chi connectivity index (χ1n) is 8.80. The molecular weight excluding hydrogens is 335 g/mol. The lowest BCUT2D eigenvalue weighted by Gasteiger charge is -2.09. The molecule has 0 saturated carbocycles. The van der Waals surface area contributed by atoms with Crippen LogP contribution in [0.3, 0.4) is 0 Å². The first kappa shape index (κ1) is 19.7. The number of benzene rings is 2. The van der Waals surface area contributed by atoms with Gasteiger partial charge in [-0.3, -0.25) is 0 Å². The summed E-state index contributed by atoms with van der Waals surface area (Å²) in [5.41, 5.74) is 2.28. The van der Waals surface area contributed by atoms with Gasteiger partial charge in [-0.05, 0) is 54.7 Å². The van der Waals surface area contributed by atoms with Gasteiger partial charge in [0, 0.05) is 6.16 Å². The van der Waals surface area contributed by atoms with Crippen molar-refractivity contribution in [1.29, 1.82) is 0 Å². The minimum absolute atomic E-state index is 0.454. The van der Waals surface area contributed by atoms with E-state index in [1.165, 1.54) is 0 Å². The summed E-state index contributed by atoms with van der Waals surface area (Å²) >= 11 is 0. The van der Waals surface area contributed by atoms with Crippen molar-refractivity contribution >= 4 is 8.38 Å². The van der Waals surface area contributed by atoms with E-state index in [-0.39, 0.29) is 0 Å². The molecule has 0 fully saturated rings. The van der Waals surface area contributed by atoms with Gasteiger partial charge in [-0.2, -0.15) is 0 Å². The van der Waals surface area contributed by atoms with Crippen LogP contribution in [0, 0.1) is 0 Å². The highest BCUT2D eigenvalue weighted by Gasteiger charge is 2.01. The van der Waals surface area contributed by atoms with Crippen molar-refractivity contribution in [1.82, 2.24) is 0 Å². The molecule has 0 unspecified atom stereocenters. The van der Waals surface area contributed by atoms with Crippen LogP contribution in [0.25, 0.3) is 11.1 Å². The summed E-state index contributed by atoms with van der Waals surface area (Å²) in [5.74, 6) is 1.74. The van der Waals surface area contributed by atoms with Gasteiger partial charge in [0.1, 0.15) is 11.5 Å². The van der Waals surface area contributed by atoms with Crippen LogP contribution in [0.2, 0.25) is 0 Å². The monoisotopic (exact) mass is 362 g/mol. The predicted molar refractivity (Wildman–Crippen MR) is 103 cm³/mol. The topological polar surface area (TPSA) is 58.9 Å². The number of hydrogen-bond donors (Lipinski definition) is 2. The number of rotatable bonds is 11. The van der Waals surface area contributed by atoms with E-state index in [0.29, 0.717) is 12.8 Å². The third-order valence-corrected chi connectivity index (χ3v) is 4.55. The van der Waals surface area contributed by atoms with Crippen LogP contribution >= 0.6 is 8.38 Å². The molecule has 0 bridgehead atoms. The fourth-order valence-electron chi connectivity index (χ4n) is 2.37. The van der Waals surface area contributed by atoms with Gasteiger partial charge < -0.3 is 19.3 Å². The highest BCUT2D eigenvalue weighted by atomic mass is 31.2. The number of unbranched alkanes of at least 4 members (excludes halogenated alkanes) is 2. The Kier molecular flexibility index (Phi) is 8.75. The van der Waals surface area contributed by atoms with Gasteiger partial charge in [0.2, 0.25) is 0 Å². The van der Waals surface area contributed by atoms with Crippen LogP contribution in [0.1, 0.15) is 32.6 Å². The second-order valence-corrected chi connectivity index (χ2v) is 7.09. The molecule has 0 spiro atoms. The standard InChI is InChI=1S/C20H27O4P/c1-2-3-14-23-19-10-6-17(7-11-19)18-8-12-20(13-9-18)24-15-4-5-16-25(21)22/h6-13,21-22H,2-5,14-16H2,1H3. The Morgan fingerprint density at radius 2 is 1.20 bits per heavy atom. The first-order chi connectivity index (χ1) is 12.2. The smallest absolute Gasteiger partial charge is 0.164 e. The quantitative estimate of drug-likeness (QED) is 0.437. The summed E-state index contributed by atoms with van der Waals surface area (Å²) in [6.07, 6.45) is 4.25. The summed E-state index contributed by atoms with van der Waals surface area (Å²) in [4.78, 5) is 17.7. The Labute approximate surface area is 151 Å². The molecule has 0 aromatic heterocycles. The van der Waals surface area contributed by atoms with Crippen LogP contribution in [0.15, 0.2) is 48.5 Å². The summed E-state index contributed by atoms with van der Waals surface area (Å²) in [5, 5.41) is 0. The molecular formula is C20H27O4P. The van der Waals surface area contributed by atoms with Crippen molar-refractivity contribution in [3.8, 4) is 22.6 Å². The Hall–Kier alpha value is -1.61. The van der Waals surface area contributed by atoms with E-state index in [1.54, 1.807) is 0 Å². The molecule has 4 nitrogen and oxygen atoms in total. The van der Waals surface area contributed by atoms with Gasteiger partial charge in [-0.1, -0.05) is 37.6 Å². The van der Waals surface area contributed by atoms with Crippen LogP contribution in [0.4, 0.5) is 0 Å². The summed E-state index contributed by atoms with van der Waals surface area (Å²) in [7, 11) is -1.77. The minimum Gasteiger partial charge on any atom is -0.494 e. The van der Waals surface area contributed by atoms with Crippen LogP contribution in [-0.4, -0.2) is 29.2 Å². The van der Waals surface area contributed by atoms with Crippen molar-refractivity contribution < 1.29 is 19.3 Å². The molecule has 2 aromatic carbocycles. The van der Waals surface area contributed by atoms with E-state index in [4.69, 9.17) is 19.3 Å². The molecule has 2 aromatic rings. The van der Waals surface area contributed by atoms with Gasteiger partial charge in [-0.25, -0.2) is 0 Å². The van der Waals surface area contributed by atoms with Crippen molar-refractivity contribution in [2.75, 3.05) is 19.4 Å². The van der Waals surface area contributed by atoms with Gasteiger partial charge in [0.15, 0.2) is 8.38 Å². The van der Waals surface area contributed by atoms with Gasteiger partial charge >= 0.3 is 0 Å². The highest BCUT2D eigenvalue weighted by Crippen LogP contribution is 2.26. The molecule has 5 heteroatoms. The highest BCUT2D eigenvalue weighted by molar-refractivity contribution is 7.45. The minimum atomic E-state index is -1.77. The van der Waals surface area contributed by atoms with Crippen molar-refractivity contribution in [2.45, 2.75) is 32.6 Å². The fraction of sp³-hybridized carbons (Fsp3) is 0.400. The van der Waals surface area contributed by atoms with E-state index >= 15 is 0 Å². The lowest BCUT2D eigenvalue weighted by atomic mass is 10.1. The number of hydrogen-bond acceptors (Lipinski definition) is 4. The molecule has 0 radical (unpaired) electrons. The van der Waals surface area contributed by atoms with Crippen LogP contribution in [0.5, 0.6) is 11.5 Å². The molecule has 2 rings (SSSR count). The predicted octanol–water partition coefficient (Wildman–Crippen LogP) is 4.99. The van der Waals surface area contributed by atoms with Crippen LogP contribution < -0.4 is 9.47 Å². The van der Waals surface area contributed by atoms with E-state index < -0.39 is 8.38 Å². The second-order valence-electron chi connectivity index (χ2n) is 5.90.